The average molecular weight is 318 g/mol. The molecule has 98 valence electrons. The Morgan fingerprint density at radius 3 is 2.47 bits per heavy atom. The summed E-state index contributed by atoms with van der Waals surface area (Å²) in [5.74, 6) is 0. The largest absolute Gasteiger partial charge is 0.392 e. The van der Waals surface area contributed by atoms with E-state index >= 15 is 0 Å². The van der Waals surface area contributed by atoms with Gasteiger partial charge in [0.25, 0.3) is 0 Å². The molecule has 1 fully saturated rings. The Labute approximate surface area is 121 Å². The molecule has 0 aliphatic heterocycles. The molecular weight excluding hydrogens is 302 g/mol. The Kier molecular flexibility index (Phi) is 3.42. The Morgan fingerprint density at radius 2 is 1.89 bits per heavy atom. The van der Waals surface area contributed by atoms with Crippen molar-refractivity contribution in [2.24, 2.45) is 0 Å². The third-order valence-corrected chi connectivity index (χ3v) is 4.44. The first-order valence-corrected chi connectivity index (χ1v) is 7.34. The van der Waals surface area contributed by atoms with E-state index in [1.165, 1.54) is 5.56 Å². The van der Waals surface area contributed by atoms with Gasteiger partial charge in [-0.15, -0.1) is 0 Å². The van der Waals surface area contributed by atoms with E-state index in [4.69, 9.17) is 0 Å². The molecule has 0 spiro atoms. The number of aliphatic hydroxyl groups excluding tert-OH is 1. The summed E-state index contributed by atoms with van der Waals surface area (Å²) in [7, 11) is 0. The zero-order chi connectivity index (χ0) is 13.3. The van der Waals surface area contributed by atoms with E-state index in [1.54, 1.807) is 6.20 Å². The summed E-state index contributed by atoms with van der Waals surface area (Å²) >= 11 is 3.38. The maximum absolute atomic E-state index is 10.6. The summed E-state index contributed by atoms with van der Waals surface area (Å²) < 4.78 is 0.968. The first-order chi connectivity index (χ1) is 9.21. The van der Waals surface area contributed by atoms with Crippen LogP contribution in [0.15, 0.2) is 53.1 Å². The summed E-state index contributed by atoms with van der Waals surface area (Å²) in [6.45, 7) is 0. The van der Waals surface area contributed by atoms with Gasteiger partial charge in [-0.05, 0) is 46.5 Å². The first kappa shape index (κ1) is 12.8. The van der Waals surface area contributed by atoms with Crippen LogP contribution in [0.25, 0.3) is 0 Å². The molecule has 1 saturated carbocycles. The van der Waals surface area contributed by atoms with Crippen LogP contribution in [0, 0.1) is 0 Å². The molecule has 1 aromatic heterocycles. The van der Waals surface area contributed by atoms with Gasteiger partial charge in [0, 0.05) is 28.2 Å². The molecule has 3 heteroatoms. The Bertz CT molecular complexity index is 549. The lowest BCUT2D eigenvalue weighted by molar-refractivity contribution is 0.130. The zero-order valence-electron chi connectivity index (χ0n) is 10.6. The zero-order valence-corrected chi connectivity index (χ0v) is 12.2. The van der Waals surface area contributed by atoms with Gasteiger partial charge >= 0.3 is 0 Å². The average Bonchev–Trinajstić information content (AvgIpc) is 3.24. The Morgan fingerprint density at radius 1 is 1.16 bits per heavy atom. The van der Waals surface area contributed by atoms with Crippen LogP contribution in [0.5, 0.6) is 0 Å². The first-order valence-electron chi connectivity index (χ1n) is 6.55. The predicted molar refractivity (Wildman–Crippen MR) is 79.0 cm³/mol. The molecular formula is C16H16BrNO. The van der Waals surface area contributed by atoms with Crippen molar-refractivity contribution in [2.45, 2.75) is 30.8 Å². The lowest BCUT2D eigenvalue weighted by atomic mass is 9.87. The fourth-order valence-electron chi connectivity index (χ4n) is 2.64. The molecule has 3 rings (SSSR count). The summed E-state index contributed by atoms with van der Waals surface area (Å²) in [6.07, 6.45) is 4.17. The van der Waals surface area contributed by atoms with E-state index in [-0.39, 0.29) is 11.5 Å². The summed E-state index contributed by atoms with van der Waals surface area (Å²) in [5.41, 5.74) is 2.15. The van der Waals surface area contributed by atoms with E-state index < -0.39 is 0 Å². The number of rotatable bonds is 4. The van der Waals surface area contributed by atoms with Crippen molar-refractivity contribution in [3.05, 3.63) is 64.4 Å². The van der Waals surface area contributed by atoms with Crippen molar-refractivity contribution in [1.29, 1.82) is 0 Å². The standard InChI is InChI=1S/C16H16BrNO/c17-13-6-7-14(18-11-13)10-15(19)16(8-9-16)12-4-2-1-3-5-12/h1-7,11,15,19H,8-10H2. The lowest BCUT2D eigenvalue weighted by Gasteiger charge is -2.22. The van der Waals surface area contributed by atoms with Gasteiger partial charge in [-0.3, -0.25) is 4.98 Å². The Hall–Kier alpha value is -1.19. The predicted octanol–water partition coefficient (Wildman–Crippen LogP) is 3.48. The van der Waals surface area contributed by atoms with Crippen LogP contribution >= 0.6 is 15.9 Å². The highest BCUT2D eigenvalue weighted by molar-refractivity contribution is 9.10. The number of benzene rings is 1. The van der Waals surface area contributed by atoms with Gasteiger partial charge in [0.1, 0.15) is 0 Å². The van der Waals surface area contributed by atoms with Crippen molar-refractivity contribution in [1.82, 2.24) is 4.98 Å². The quantitative estimate of drug-likeness (QED) is 0.936. The lowest BCUT2D eigenvalue weighted by Crippen LogP contribution is -2.28. The van der Waals surface area contributed by atoms with Crippen molar-refractivity contribution in [2.75, 3.05) is 0 Å². The second-order valence-electron chi connectivity index (χ2n) is 5.21. The smallest absolute Gasteiger partial charge is 0.0692 e. The minimum absolute atomic E-state index is 0.0456. The summed E-state index contributed by atoms with van der Waals surface area (Å²) in [5, 5.41) is 10.6. The van der Waals surface area contributed by atoms with E-state index in [1.807, 2.05) is 30.3 Å². The Balaban J connectivity index is 1.77. The molecule has 0 saturated heterocycles. The fourth-order valence-corrected chi connectivity index (χ4v) is 2.87. The molecule has 2 nitrogen and oxygen atoms in total. The fraction of sp³-hybridized carbons (Fsp3) is 0.312. The van der Waals surface area contributed by atoms with Crippen LogP contribution < -0.4 is 0 Å². The second kappa shape index (κ2) is 5.06. The van der Waals surface area contributed by atoms with Crippen LogP contribution in [-0.4, -0.2) is 16.2 Å². The third-order valence-electron chi connectivity index (χ3n) is 3.97. The highest BCUT2D eigenvalue weighted by atomic mass is 79.9. The number of hydrogen-bond acceptors (Lipinski definition) is 2. The molecule has 1 aliphatic rings. The minimum atomic E-state index is -0.358. The number of halogens is 1. The maximum Gasteiger partial charge on any atom is 0.0692 e. The number of pyridine rings is 1. The molecule has 1 unspecified atom stereocenters. The number of aromatic nitrogens is 1. The topological polar surface area (TPSA) is 33.1 Å². The molecule has 1 heterocycles. The minimum Gasteiger partial charge on any atom is -0.392 e. The SMILES string of the molecule is OC(Cc1ccc(Br)cn1)C1(c2ccccc2)CC1. The molecule has 19 heavy (non-hydrogen) atoms. The summed E-state index contributed by atoms with van der Waals surface area (Å²) in [6, 6.07) is 14.3. The van der Waals surface area contributed by atoms with Gasteiger partial charge in [0.15, 0.2) is 0 Å². The van der Waals surface area contributed by atoms with E-state index in [0.29, 0.717) is 6.42 Å². The van der Waals surface area contributed by atoms with Gasteiger partial charge in [-0.25, -0.2) is 0 Å². The van der Waals surface area contributed by atoms with Crippen LogP contribution in [0.4, 0.5) is 0 Å². The third kappa shape index (κ3) is 2.58. The maximum atomic E-state index is 10.6. The molecule has 1 aromatic carbocycles. The van der Waals surface area contributed by atoms with Crippen LogP contribution in [0.2, 0.25) is 0 Å². The van der Waals surface area contributed by atoms with Crippen LogP contribution in [0.1, 0.15) is 24.1 Å². The van der Waals surface area contributed by atoms with Gasteiger partial charge in [0.05, 0.1) is 6.10 Å². The van der Waals surface area contributed by atoms with E-state index in [0.717, 1.165) is 23.0 Å². The van der Waals surface area contributed by atoms with Crippen molar-refractivity contribution in [3.63, 3.8) is 0 Å². The molecule has 1 aliphatic carbocycles. The molecule has 1 N–H and O–H groups in total. The van der Waals surface area contributed by atoms with Crippen LogP contribution in [0.3, 0.4) is 0 Å². The van der Waals surface area contributed by atoms with Gasteiger partial charge in [-0.1, -0.05) is 30.3 Å². The highest BCUT2D eigenvalue weighted by Crippen LogP contribution is 2.51. The monoisotopic (exact) mass is 317 g/mol. The van der Waals surface area contributed by atoms with Crippen LogP contribution in [-0.2, 0) is 11.8 Å². The molecule has 0 bridgehead atoms. The molecule has 0 amide bonds. The van der Waals surface area contributed by atoms with Crippen molar-refractivity contribution >= 4 is 15.9 Å². The van der Waals surface area contributed by atoms with Gasteiger partial charge in [-0.2, -0.15) is 0 Å². The molecule has 0 radical (unpaired) electrons. The van der Waals surface area contributed by atoms with Gasteiger partial charge in [0.2, 0.25) is 0 Å². The van der Waals surface area contributed by atoms with Crippen molar-refractivity contribution < 1.29 is 5.11 Å². The normalized spacial score (nSPS) is 18.0. The number of nitrogens with zero attached hydrogens (tertiary/aromatic N) is 1. The number of aliphatic hydroxyl groups is 1. The second-order valence-corrected chi connectivity index (χ2v) is 6.13. The summed E-state index contributed by atoms with van der Waals surface area (Å²) in [4.78, 5) is 4.35. The number of hydrogen-bond donors (Lipinski definition) is 1. The van der Waals surface area contributed by atoms with Crippen molar-refractivity contribution in [3.8, 4) is 0 Å². The molecule has 1 atom stereocenters. The van der Waals surface area contributed by atoms with E-state index in [9.17, 15) is 5.11 Å². The highest BCUT2D eigenvalue weighted by Gasteiger charge is 2.50. The van der Waals surface area contributed by atoms with E-state index in [2.05, 4.69) is 33.0 Å². The van der Waals surface area contributed by atoms with Gasteiger partial charge < -0.3 is 5.11 Å². The molecule has 2 aromatic rings.